The molecule has 0 spiro atoms. The second kappa shape index (κ2) is 13.3. The van der Waals surface area contributed by atoms with Gasteiger partial charge in [0.15, 0.2) is 0 Å². The second-order valence-corrected chi connectivity index (χ2v) is 4.88. The van der Waals surface area contributed by atoms with Crippen molar-refractivity contribution in [2.24, 2.45) is 0 Å². The van der Waals surface area contributed by atoms with Gasteiger partial charge in [-0.25, -0.2) is 14.4 Å². The summed E-state index contributed by atoms with van der Waals surface area (Å²) < 4.78 is 0. The molecule has 0 heterocycles. The number of rotatable bonds is 8. The van der Waals surface area contributed by atoms with Crippen molar-refractivity contribution in [1.82, 2.24) is 0 Å². The van der Waals surface area contributed by atoms with Crippen molar-refractivity contribution in [3.05, 3.63) is 65.8 Å². The Balaban J connectivity index is 0.000000609. The summed E-state index contributed by atoms with van der Waals surface area (Å²) in [6.45, 7) is 2.05. The van der Waals surface area contributed by atoms with Crippen molar-refractivity contribution in [1.29, 1.82) is 0 Å². The van der Waals surface area contributed by atoms with Crippen molar-refractivity contribution in [2.45, 2.75) is 26.2 Å². The molecule has 0 unspecified atom stereocenters. The van der Waals surface area contributed by atoms with Gasteiger partial charge in [-0.15, -0.1) is 0 Å². The van der Waals surface area contributed by atoms with E-state index in [9.17, 15) is 14.4 Å². The minimum atomic E-state index is -1.26. The maximum Gasteiger partial charge on any atom is 0.331 e. The SMILES string of the molecule is CCCCC(=CC=Cc1ccccc1)C(=O)O.O=C(O)/C=C\C(=O)O. The number of aliphatic carboxylic acids is 3. The molecule has 134 valence electrons. The van der Waals surface area contributed by atoms with E-state index in [0.29, 0.717) is 24.1 Å². The van der Waals surface area contributed by atoms with Gasteiger partial charge in [-0.2, -0.15) is 0 Å². The van der Waals surface area contributed by atoms with E-state index in [1.807, 2.05) is 36.4 Å². The Morgan fingerprint density at radius 1 is 0.960 bits per heavy atom. The molecule has 0 aliphatic rings. The minimum absolute atomic E-state index is 0.471. The van der Waals surface area contributed by atoms with Crippen LogP contribution in [0.25, 0.3) is 6.08 Å². The lowest BCUT2D eigenvalue weighted by Crippen LogP contribution is -1.99. The van der Waals surface area contributed by atoms with Gasteiger partial charge in [0.05, 0.1) is 0 Å². The van der Waals surface area contributed by atoms with E-state index in [-0.39, 0.29) is 0 Å². The van der Waals surface area contributed by atoms with Crippen molar-refractivity contribution in [3.8, 4) is 0 Å². The van der Waals surface area contributed by atoms with Crippen LogP contribution in [0.15, 0.2) is 60.2 Å². The number of carboxylic acids is 3. The first-order valence-electron chi connectivity index (χ1n) is 7.66. The standard InChI is InChI=1S/C15H18O2.C4H4O4/c1-2-3-11-14(15(16)17)12-7-10-13-8-5-4-6-9-13;5-3(6)1-2-4(7)8/h4-10,12H,2-3,11H2,1H3,(H,16,17);1-2H,(H,5,6)(H,7,8)/b;2-1-. The van der Waals surface area contributed by atoms with Gasteiger partial charge in [0.2, 0.25) is 0 Å². The predicted octanol–water partition coefficient (Wildman–Crippen LogP) is 3.61. The highest BCUT2D eigenvalue weighted by molar-refractivity contribution is 5.89. The quantitative estimate of drug-likeness (QED) is 0.490. The van der Waals surface area contributed by atoms with Gasteiger partial charge in [0.1, 0.15) is 0 Å². The maximum atomic E-state index is 10.9. The summed E-state index contributed by atoms with van der Waals surface area (Å²) in [5.74, 6) is -3.34. The predicted molar refractivity (Wildman–Crippen MR) is 95.1 cm³/mol. The van der Waals surface area contributed by atoms with E-state index in [4.69, 9.17) is 15.3 Å². The van der Waals surface area contributed by atoms with Crippen LogP contribution >= 0.6 is 0 Å². The molecule has 0 aromatic heterocycles. The third-order valence-corrected chi connectivity index (χ3v) is 2.83. The molecule has 3 N–H and O–H groups in total. The fraction of sp³-hybridized carbons (Fsp3) is 0.211. The molecule has 0 aliphatic heterocycles. The molecule has 0 aliphatic carbocycles. The number of hydrogen-bond donors (Lipinski definition) is 3. The highest BCUT2D eigenvalue weighted by Crippen LogP contribution is 2.09. The van der Waals surface area contributed by atoms with E-state index in [1.54, 1.807) is 12.2 Å². The second-order valence-electron chi connectivity index (χ2n) is 4.88. The molecule has 0 fully saturated rings. The lowest BCUT2D eigenvalue weighted by atomic mass is 10.1. The number of benzene rings is 1. The zero-order valence-corrected chi connectivity index (χ0v) is 14.0. The van der Waals surface area contributed by atoms with Crippen LogP contribution in [0, 0.1) is 0 Å². The van der Waals surface area contributed by atoms with E-state index < -0.39 is 17.9 Å². The van der Waals surface area contributed by atoms with Crippen LogP contribution in [0.1, 0.15) is 31.7 Å². The van der Waals surface area contributed by atoms with Gasteiger partial charge >= 0.3 is 17.9 Å². The van der Waals surface area contributed by atoms with Crippen LogP contribution < -0.4 is 0 Å². The van der Waals surface area contributed by atoms with Gasteiger partial charge in [-0.05, 0) is 18.4 Å². The molecule has 0 atom stereocenters. The molecule has 6 heteroatoms. The van der Waals surface area contributed by atoms with Gasteiger partial charge in [0, 0.05) is 17.7 Å². The Bertz CT molecular complexity index is 625. The average Bonchev–Trinajstić information content (AvgIpc) is 2.57. The number of allylic oxidation sites excluding steroid dienone is 2. The summed E-state index contributed by atoms with van der Waals surface area (Å²) in [5, 5.41) is 24.6. The van der Waals surface area contributed by atoms with Crippen molar-refractivity contribution < 1.29 is 29.7 Å². The first kappa shape index (κ1) is 21.9. The average molecular weight is 346 g/mol. The molecule has 1 aromatic carbocycles. The van der Waals surface area contributed by atoms with Crippen LogP contribution in [0.4, 0.5) is 0 Å². The molecule has 1 aromatic rings. The zero-order chi connectivity index (χ0) is 19.1. The van der Waals surface area contributed by atoms with E-state index >= 15 is 0 Å². The molecular formula is C19H22O6. The Labute approximate surface area is 146 Å². The van der Waals surface area contributed by atoms with E-state index in [1.165, 1.54) is 0 Å². The van der Waals surface area contributed by atoms with Gasteiger partial charge in [0.25, 0.3) is 0 Å². The van der Waals surface area contributed by atoms with E-state index in [0.717, 1.165) is 18.4 Å². The van der Waals surface area contributed by atoms with Gasteiger partial charge in [-0.1, -0.05) is 61.9 Å². The number of unbranched alkanes of at least 4 members (excludes halogenated alkanes) is 1. The van der Waals surface area contributed by atoms with Crippen LogP contribution in [-0.4, -0.2) is 33.2 Å². The summed E-state index contributed by atoms with van der Waals surface area (Å²) in [7, 11) is 0. The normalized spacial score (nSPS) is 11.2. The summed E-state index contributed by atoms with van der Waals surface area (Å²) in [6, 6.07) is 9.84. The fourth-order valence-electron chi connectivity index (χ4n) is 1.61. The Hall–Kier alpha value is -3.15. The lowest BCUT2D eigenvalue weighted by molar-refractivity contribution is -0.134. The fourth-order valence-corrected chi connectivity index (χ4v) is 1.61. The third kappa shape index (κ3) is 13.0. The zero-order valence-electron chi connectivity index (χ0n) is 14.0. The van der Waals surface area contributed by atoms with E-state index in [2.05, 4.69) is 6.92 Å². The molecule has 1 rings (SSSR count). The topological polar surface area (TPSA) is 112 Å². The van der Waals surface area contributed by atoms with Crippen LogP contribution in [0.5, 0.6) is 0 Å². The number of hydrogen-bond acceptors (Lipinski definition) is 3. The molecule has 0 bridgehead atoms. The smallest absolute Gasteiger partial charge is 0.331 e. The highest BCUT2D eigenvalue weighted by Gasteiger charge is 2.04. The van der Waals surface area contributed by atoms with Crippen LogP contribution in [0.2, 0.25) is 0 Å². The molecule has 0 radical (unpaired) electrons. The molecule has 0 saturated heterocycles. The molecule has 0 amide bonds. The number of carbonyl (C=O) groups is 3. The maximum absolute atomic E-state index is 10.9. The third-order valence-electron chi connectivity index (χ3n) is 2.83. The Morgan fingerprint density at radius 2 is 1.52 bits per heavy atom. The molecule has 25 heavy (non-hydrogen) atoms. The van der Waals surface area contributed by atoms with Crippen LogP contribution in [-0.2, 0) is 14.4 Å². The van der Waals surface area contributed by atoms with Crippen molar-refractivity contribution >= 4 is 24.0 Å². The monoisotopic (exact) mass is 346 g/mol. The molecular weight excluding hydrogens is 324 g/mol. The largest absolute Gasteiger partial charge is 0.478 e. The van der Waals surface area contributed by atoms with Gasteiger partial charge < -0.3 is 15.3 Å². The molecule has 6 nitrogen and oxygen atoms in total. The summed E-state index contributed by atoms with van der Waals surface area (Å²) in [6.07, 6.45) is 9.06. The summed E-state index contributed by atoms with van der Waals surface area (Å²) >= 11 is 0. The summed E-state index contributed by atoms with van der Waals surface area (Å²) in [4.78, 5) is 30.1. The van der Waals surface area contributed by atoms with Crippen molar-refractivity contribution in [3.63, 3.8) is 0 Å². The Morgan fingerprint density at radius 3 is 1.96 bits per heavy atom. The first-order chi connectivity index (χ1) is 11.9. The number of carboxylic acid groups (broad SMARTS) is 3. The Kier molecular flexibility index (Phi) is 11.6. The summed E-state index contributed by atoms with van der Waals surface area (Å²) in [5.41, 5.74) is 1.54. The molecule has 0 saturated carbocycles. The van der Waals surface area contributed by atoms with Crippen molar-refractivity contribution in [2.75, 3.05) is 0 Å². The minimum Gasteiger partial charge on any atom is -0.478 e. The highest BCUT2D eigenvalue weighted by atomic mass is 16.4. The van der Waals surface area contributed by atoms with Crippen LogP contribution in [0.3, 0.4) is 0 Å². The van der Waals surface area contributed by atoms with Gasteiger partial charge in [-0.3, -0.25) is 0 Å². The lowest BCUT2D eigenvalue weighted by Gasteiger charge is -1.98. The first-order valence-corrected chi connectivity index (χ1v) is 7.66.